The van der Waals surface area contributed by atoms with Crippen LogP contribution in [0, 0.1) is 33.2 Å². The normalized spacial score (nSPS) is 14.4. The van der Waals surface area contributed by atoms with Crippen LogP contribution >= 0.6 is 0 Å². The molecule has 0 saturated carbocycles. The third-order valence-corrected chi connectivity index (χ3v) is 4.48. The number of nitrogens with zero attached hydrogens (tertiary/aromatic N) is 4. The van der Waals surface area contributed by atoms with Crippen molar-refractivity contribution in [3.63, 3.8) is 0 Å². The predicted octanol–water partition coefficient (Wildman–Crippen LogP) is 2.86. The van der Waals surface area contributed by atoms with Gasteiger partial charge in [-0.2, -0.15) is 9.65 Å². The number of rotatable bonds is 4. The fraction of sp³-hybridized carbons (Fsp3) is 0.278. The average molecular weight is 369 g/mol. The number of hydrogen-bond donors (Lipinski definition) is 1. The van der Waals surface area contributed by atoms with Gasteiger partial charge in [-0.1, -0.05) is 0 Å². The van der Waals surface area contributed by atoms with Crippen LogP contribution in [-0.4, -0.2) is 28.9 Å². The van der Waals surface area contributed by atoms with Crippen LogP contribution in [0.25, 0.3) is 0 Å². The zero-order chi connectivity index (χ0) is 19.4. The molecule has 1 saturated heterocycles. The van der Waals surface area contributed by atoms with E-state index in [4.69, 9.17) is 5.26 Å². The molecule has 27 heavy (non-hydrogen) atoms. The van der Waals surface area contributed by atoms with Crippen LogP contribution in [0.3, 0.4) is 0 Å². The summed E-state index contributed by atoms with van der Waals surface area (Å²) in [6, 6.07) is 8.77. The number of nitriles is 1. The van der Waals surface area contributed by atoms with Gasteiger partial charge in [-0.15, -0.1) is 0 Å². The lowest BCUT2D eigenvalue weighted by Gasteiger charge is -2.32. The molecule has 1 aromatic heterocycles. The van der Waals surface area contributed by atoms with E-state index in [2.05, 4.69) is 10.3 Å². The van der Waals surface area contributed by atoms with Gasteiger partial charge in [0.25, 0.3) is 0 Å². The van der Waals surface area contributed by atoms with Crippen molar-refractivity contribution in [1.29, 1.82) is 5.26 Å². The minimum atomic E-state index is -0.943. The third kappa shape index (κ3) is 4.17. The van der Waals surface area contributed by atoms with Gasteiger partial charge in [0.05, 0.1) is 10.5 Å². The summed E-state index contributed by atoms with van der Waals surface area (Å²) in [5.74, 6) is -0.685. The minimum Gasteiger partial charge on any atom is -0.357 e. The van der Waals surface area contributed by atoms with Gasteiger partial charge < -0.3 is 10.2 Å². The zero-order valence-corrected chi connectivity index (χ0v) is 14.3. The quantitative estimate of drug-likeness (QED) is 0.655. The first-order chi connectivity index (χ1) is 13.0. The molecule has 1 aliphatic heterocycles. The van der Waals surface area contributed by atoms with Crippen molar-refractivity contribution in [1.82, 2.24) is 4.98 Å². The molecule has 0 radical (unpaired) electrons. The molecule has 2 heterocycles. The number of nitro benzene ring substituents is 1. The molecular formula is C18H16FN5O3. The first kappa shape index (κ1) is 18.3. The second kappa shape index (κ2) is 7.78. The van der Waals surface area contributed by atoms with Crippen LogP contribution < -0.4 is 10.2 Å². The summed E-state index contributed by atoms with van der Waals surface area (Å²) in [5.41, 5.74) is 0.0141. The zero-order valence-electron chi connectivity index (χ0n) is 14.3. The van der Waals surface area contributed by atoms with Crippen LogP contribution in [0.4, 0.5) is 21.6 Å². The maximum atomic E-state index is 13.4. The average Bonchev–Trinajstić information content (AvgIpc) is 2.69. The minimum absolute atomic E-state index is 0.198. The molecule has 1 aliphatic rings. The van der Waals surface area contributed by atoms with E-state index in [1.807, 2.05) is 11.0 Å². The lowest BCUT2D eigenvalue weighted by Crippen LogP contribution is -2.38. The Morgan fingerprint density at radius 3 is 2.67 bits per heavy atom. The van der Waals surface area contributed by atoms with E-state index in [1.54, 1.807) is 12.1 Å². The molecule has 3 rings (SSSR count). The predicted molar refractivity (Wildman–Crippen MR) is 95.6 cm³/mol. The molecule has 0 atom stereocenters. The van der Waals surface area contributed by atoms with E-state index < -0.39 is 16.4 Å². The summed E-state index contributed by atoms with van der Waals surface area (Å²) in [6.45, 7) is 1.25. The standard InChI is InChI=1S/C18H16FN5O3/c19-15-3-2-14(9-16(15)24(26)27)22-18(25)13-5-7-23(8-6-13)17-4-1-12(10-20)11-21-17/h1-4,9,11,13H,5-8H2,(H,22,25). The van der Waals surface area contributed by atoms with Crippen molar-refractivity contribution in [3.8, 4) is 6.07 Å². The smallest absolute Gasteiger partial charge is 0.306 e. The summed E-state index contributed by atoms with van der Waals surface area (Å²) in [4.78, 5) is 28.7. The number of amides is 1. The first-order valence-corrected chi connectivity index (χ1v) is 8.34. The summed E-state index contributed by atoms with van der Waals surface area (Å²) in [6.07, 6.45) is 2.70. The molecule has 8 nitrogen and oxygen atoms in total. The molecule has 1 N–H and O–H groups in total. The Morgan fingerprint density at radius 2 is 2.07 bits per heavy atom. The second-order valence-corrected chi connectivity index (χ2v) is 6.19. The molecule has 0 aliphatic carbocycles. The van der Waals surface area contributed by atoms with Gasteiger partial charge >= 0.3 is 5.69 Å². The van der Waals surface area contributed by atoms with Crippen LogP contribution in [0.5, 0.6) is 0 Å². The highest BCUT2D eigenvalue weighted by Gasteiger charge is 2.26. The number of benzene rings is 1. The number of carbonyl (C=O) groups excluding carboxylic acids is 1. The summed E-state index contributed by atoms with van der Waals surface area (Å²) < 4.78 is 13.4. The van der Waals surface area contributed by atoms with Crippen LogP contribution in [0.1, 0.15) is 18.4 Å². The number of hydrogen-bond acceptors (Lipinski definition) is 6. The Kier molecular flexibility index (Phi) is 5.26. The molecule has 0 spiro atoms. The maximum absolute atomic E-state index is 13.4. The van der Waals surface area contributed by atoms with E-state index in [9.17, 15) is 19.3 Å². The van der Waals surface area contributed by atoms with Crippen molar-refractivity contribution in [2.24, 2.45) is 5.92 Å². The number of nitro groups is 1. The van der Waals surface area contributed by atoms with Gasteiger partial charge in [0, 0.05) is 37.0 Å². The molecule has 1 fully saturated rings. The van der Waals surface area contributed by atoms with E-state index in [0.29, 0.717) is 31.5 Å². The van der Waals surface area contributed by atoms with Gasteiger partial charge in [0.1, 0.15) is 11.9 Å². The Morgan fingerprint density at radius 1 is 1.33 bits per heavy atom. The van der Waals surface area contributed by atoms with Crippen molar-refractivity contribution in [3.05, 3.63) is 58.0 Å². The maximum Gasteiger partial charge on any atom is 0.306 e. The summed E-state index contributed by atoms with van der Waals surface area (Å²) in [5, 5.41) is 22.2. The number of aromatic nitrogens is 1. The molecular weight excluding hydrogens is 353 g/mol. The third-order valence-electron chi connectivity index (χ3n) is 4.48. The summed E-state index contributed by atoms with van der Waals surface area (Å²) >= 11 is 0. The van der Waals surface area contributed by atoms with Crippen molar-refractivity contribution >= 4 is 23.1 Å². The Hall–Kier alpha value is -3.54. The van der Waals surface area contributed by atoms with Crippen LogP contribution in [0.15, 0.2) is 36.5 Å². The van der Waals surface area contributed by atoms with Gasteiger partial charge in [-0.05, 0) is 37.1 Å². The number of carbonyl (C=O) groups is 1. The first-order valence-electron chi connectivity index (χ1n) is 8.34. The number of halogens is 1. The monoisotopic (exact) mass is 369 g/mol. The SMILES string of the molecule is N#Cc1ccc(N2CCC(C(=O)Nc3ccc(F)c([N+](=O)[O-])c3)CC2)nc1. The van der Waals surface area contributed by atoms with Crippen LogP contribution in [0.2, 0.25) is 0 Å². The van der Waals surface area contributed by atoms with Gasteiger partial charge in [0.15, 0.2) is 0 Å². The van der Waals surface area contributed by atoms with Gasteiger partial charge in [-0.3, -0.25) is 14.9 Å². The fourth-order valence-electron chi connectivity index (χ4n) is 2.98. The van der Waals surface area contributed by atoms with Crippen molar-refractivity contribution in [2.75, 3.05) is 23.3 Å². The van der Waals surface area contributed by atoms with E-state index in [1.165, 1.54) is 12.3 Å². The highest BCUT2D eigenvalue weighted by atomic mass is 19.1. The van der Waals surface area contributed by atoms with E-state index in [-0.39, 0.29) is 17.5 Å². The second-order valence-electron chi connectivity index (χ2n) is 6.19. The van der Waals surface area contributed by atoms with Gasteiger partial charge in [0.2, 0.25) is 11.7 Å². The molecule has 0 bridgehead atoms. The number of pyridine rings is 1. The highest BCUT2D eigenvalue weighted by molar-refractivity contribution is 5.93. The van der Waals surface area contributed by atoms with Crippen LogP contribution in [-0.2, 0) is 4.79 Å². The fourth-order valence-corrected chi connectivity index (χ4v) is 2.98. The highest BCUT2D eigenvalue weighted by Crippen LogP contribution is 2.25. The Bertz CT molecular complexity index is 902. The molecule has 2 aromatic rings. The lowest BCUT2D eigenvalue weighted by molar-refractivity contribution is -0.387. The molecule has 1 amide bonds. The van der Waals surface area contributed by atoms with E-state index >= 15 is 0 Å². The number of nitrogens with one attached hydrogen (secondary N) is 1. The van der Waals surface area contributed by atoms with E-state index in [0.717, 1.165) is 18.0 Å². The number of piperidine rings is 1. The largest absolute Gasteiger partial charge is 0.357 e. The molecule has 138 valence electrons. The molecule has 0 unspecified atom stereocenters. The molecule has 1 aromatic carbocycles. The van der Waals surface area contributed by atoms with Gasteiger partial charge in [-0.25, -0.2) is 4.98 Å². The summed E-state index contributed by atoms with van der Waals surface area (Å²) in [7, 11) is 0. The Balaban J connectivity index is 1.59. The molecule has 9 heteroatoms. The van der Waals surface area contributed by atoms with Crippen molar-refractivity contribution < 1.29 is 14.1 Å². The lowest BCUT2D eigenvalue weighted by atomic mass is 9.95. The topological polar surface area (TPSA) is 112 Å². The Labute approximate surface area is 154 Å². The number of anilines is 2. The van der Waals surface area contributed by atoms with Crippen molar-refractivity contribution in [2.45, 2.75) is 12.8 Å².